The van der Waals surface area contributed by atoms with Crippen molar-refractivity contribution in [1.29, 1.82) is 0 Å². The van der Waals surface area contributed by atoms with E-state index in [1.165, 1.54) is 31.2 Å². The quantitative estimate of drug-likeness (QED) is 0.877. The summed E-state index contributed by atoms with van der Waals surface area (Å²) in [5, 5.41) is 7.48. The van der Waals surface area contributed by atoms with Crippen molar-refractivity contribution in [1.82, 2.24) is 20.0 Å². The van der Waals surface area contributed by atoms with Crippen LogP contribution in [0.4, 0.5) is 0 Å². The van der Waals surface area contributed by atoms with Crippen LogP contribution in [0.25, 0.3) is 0 Å². The van der Waals surface area contributed by atoms with Gasteiger partial charge in [-0.3, -0.25) is 0 Å². The standard InChI is InChI=1S/C15H20N4O/c1-16-14(10-2-3-10)12-6-7-19(8-12)9-13-17-15(18-20-13)11-4-5-11/h6-8,10-11,14,16H,2-5,9H2,1H3. The summed E-state index contributed by atoms with van der Waals surface area (Å²) in [5.41, 5.74) is 1.36. The molecule has 0 bridgehead atoms. The molecule has 2 fully saturated rings. The highest BCUT2D eigenvalue weighted by molar-refractivity contribution is 5.18. The minimum absolute atomic E-state index is 0.487. The van der Waals surface area contributed by atoms with Gasteiger partial charge in [-0.25, -0.2) is 0 Å². The van der Waals surface area contributed by atoms with E-state index in [9.17, 15) is 0 Å². The number of rotatable bonds is 6. The second-order valence-corrected chi connectivity index (χ2v) is 6.04. The topological polar surface area (TPSA) is 55.9 Å². The van der Waals surface area contributed by atoms with Crippen LogP contribution in [0.15, 0.2) is 23.0 Å². The predicted molar refractivity (Wildman–Crippen MR) is 74.3 cm³/mol. The average molecular weight is 272 g/mol. The monoisotopic (exact) mass is 272 g/mol. The van der Waals surface area contributed by atoms with Crippen LogP contribution in [0, 0.1) is 5.92 Å². The molecule has 20 heavy (non-hydrogen) atoms. The molecule has 2 aliphatic carbocycles. The van der Waals surface area contributed by atoms with Crippen LogP contribution in [-0.2, 0) is 6.54 Å². The number of nitrogens with one attached hydrogen (secondary N) is 1. The first kappa shape index (κ1) is 12.1. The Morgan fingerprint density at radius 2 is 2.25 bits per heavy atom. The molecule has 5 heteroatoms. The molecule has 1 atom stereocenters. The van der Waals surface area contributed by atoms with Crippen molar-refractivity contribution < 1.29 is 4.52 Å². The molecule has 0 aliphatic heterocycles. The molecular formula is C15H20N4O. The lowest BCUT2D eigenvalue weighted by Gasteiger charge is -2.13. The normalized spacial score (nSPS) is 20.2. The molecule has 0 spiro atoms. The van der Waals surface area contributed by atoms with E-state index in [0.29, 0.717) is 24.4 Å². The summed E-state index contributed by atoms with van der Waals surface area (Å²) in [6, 6.07) is 2.68. The van der Waals surface area contributed by atoms with Crippen molar-refractivity contribution in [2.24, 2.45) is 5.92 Å². The molecule has 106 valence electrons. The van der Waals surface area contributed by atoms with Gasteiger partial charge in [-0.2, -0.15) is 4.98 Å². The van der Waals surface area contributed by atoms with Gasteiger partial charge in [0.15, 0.2) is 5.82 Å². The second kappa shape index (κ2) is 4.74. The molecule has 5 nitrogen and oxygen atoms in total. The molecule has 4 rings (SSSR count). The zero-order valence-corrected chi connectivity index (χ0v) is 11.7. The van der Waals surface area contributed by atoms with Gasteiger partial charge in [-0.15, -0.1) is 0 Å². The van der Waals surface area contributed by atoms with E-state index in [1.54, 1.807) is 0 Å². The lowest BCUT2D eigenvalue weighted by molar-refractivity contribution is 0.366. The Labute approximate surface area is 118 Å². The number of hydrogen-bond acceptors (Lipinski definition) is 4. The minimum atomic E-state index is 0.487. The van der Waals surface area contributed by atoms with E-state index >= 15 is 0 Å². The Kier molecular flexibility index (Phi) is 2.88. The maximum Gasteiger partial charge on any atom is 0.246 e. The Morgan fingerprint density at radius 3 is 2.95 bits per heavy atom. The van der Waals surface area contributed by atoms with Crippen LogP contribution in [0.1, 0.15) is 54.9 Å². The minimum Gasteiger partial charge on any atom is -0.345 e. The zero-order chi connectivity index (χ0) is 13.5. The number of hydrogen-bond donors (Lipinski definition) is 1. The van der Waals surface area contributed by atoms with Gasteiger partial charge in [0.25, 0.3) is 0 Å². The van der Waals surface area contributed by atoms with Gasteiger partial charge in [-0.1, -0.05) is 5.16 Å². The fourth-order valence-corrected chi connectivity index (χ4v) is 2.84. The van der Waals surface area contributed by atoms with Crippen LogP contribution in [0.5, 0.6) is 0 Å². The Hall–Kier alpha value is -1.62. The molecule has 2 aromatic heterocycles. The summed E-state index contributed by atoms with van der Waals surface area (Å²) in [5.74, 6) is 2.96. The third-order valence-electron chi connectivity index (χ3n) is 4.28. The van der Waals surface area contributed by atoms with E-state index in [-0.39, 0.29) is 0 Å². The van der Waals surface area contributed by atoms with E-state index in [0.717, 1.165) is 11.7 Å². The van der Waals surface area contributed by atoms with Crippen molar-refractivity contribution >= 4 is 0 Å². The first-order valence-electron chi connectivity index (χ1n) is 7.49. The molecule has 2 aliphatic rings. The van der Waals surface area contributed by atoms with E-state index < -0.39 is 0 Å². The molecule has 2 saturated carbocycles. The smallest absolute Gasteiger partial charge is 0.246 e. The van der Waals surface area contributed by atoms with Crippen molar-refractivity contribution in [2.45, 2.75) is 44.2 Å². The van der Waals surface area contributed by atoms with Gasteiger partial charge in [0, 0.05) is 24.4 Å². The second-order valence-electron chi connectivity index (χ2n) is 6.04. The van der Waals surface area contributed by atoms with Crippen LogP contribution in [0.3, 0.4) is 0 Å². The maximum atomic E-state index is 5.33. The molecular weight excluding hydrogens is 252 g/mol. The van der Waals surface area contributed by atoms with Crippen molar-refractivity contribution in [3.05, 3.63) is 35.7 Å². The zero-order valence-electron chi connectivity index (χ0n) is 11.7. The lowest BCUT2D eigenvalue weighted by Crippen LogP contribution is -2.17. The lowest BCUT2D eigenvalue weighted by atomic mass is 10.1. The Morgan fingerprint density at radius 1 is 1.40 bits per heavy atom. The Balaban J connectivity index is 1.46. The fraction of sp³-hybridized carbons (Fsp3) is 0.600. The van der Waals surface area contributed by atoms with Crippen molar-refractivity contribution in [2.75, 3.05) is 7.05 Å². The fourth-order valence-electron chi connectivity index (χ4n) is 2.84. The molecule has 0 amide bonds. The average Bonchev–Trinajstić information content (AvgIpc) is 3.37. The van der Waals surface area contributed by atoms with Crippen molar-refractivity contribution in [3.63, 3.8) is 0 Å². The highest BCUT2D eigenvalue weighted by atomic mass is 16.5. The van der Waals surface area contributed by atoms with E-state index in [1.807, 2.05) is 7.05 Å². The maximum absolute atomic E-state index is 5.33. The summed E-state index contributed by atoms with van der Waals surface area (Å²) >= 11 is 0. The molecule has 2 aromatic rings. The van der Waals surface area contributed by atoms with Gasteiger partial charge < -0.3 is 14.4 Å². The predicted octanol–water partition coefficient (Wildman–Crippen LogP) is 2.47. The summed E-state index contributed by atoms with van der Waals surface area (Å²) in [4.78, 5) is 4.48. The van der Waals surface area contributed by atoms with Gasteiger partial charge in [0.2, 0.25) is 5.89 Å². The van der Waals surface area contributed by atoms with Crippen molar-refractivity contribution in [3.8, 4) is 0 Å². The molecule has 0 aromatic carbocycles. The summed E-state index contributed by atoms with van der Waals surface area (Å²) in [7, 11) is 2.04. The molecule has 0 saturated heterocycles. The summed E-state index contributed by atoms with van der Waals surface area (Å²) in [6.45, 7) is 0.667. The number of nitrogens with zero attached hydrogens (tertiary/aromatic N) is 3. The van der Waals surface area contributed by atoms with Crippen LogP contribution < -0.4 is 5.32 Å². The van der Waals surface area contributed by atoms with Crippen LogP contribution in [-0.4, -0.2) is 21.8 Å². The van der Waals surface area contributed by atoms with Crippen LogP contribution in [0.2, 0.25) is 0 Å². The highest BCUT2D eigenvalue weighted by Gasteiger charge is 2.31. The Bertz CT molecular complexity index is 595. The summed E-state index contributed by atoms with van der Waals surface area (Å²) in [6.07, 6.45) is 9.38. The summed E-state index contributed by atoms with van der Waals surface area (Å²) < 4.78 is 7.46. The first-order chi connectivity index (χ1) is 9.83. The van der Waals surface area contributed by atoms with Gasteiger partial charge in [0.1, 0.15) is 6.54 Å². The largest absolute Gasteiger partial charge is 0.345 e. The highest BCUT2D eigenvalue weighted by Crippen LogP contribution is 2.41. The van der Waals surface area contributed by atoms with E-state index in [4.69, 9.17) is 4.52 Å². The van der Waals surface area contributed by atoms with Crippen LogP contribution >= 0.6 is 0 Å². The van der Waals surface area contributed by atoms with Gasteiger partial charge >= 0.3 is 0 Å². The van der Waals surface area contributed by atoms with Gasteiger partial charge in [-0.05, 0) is 50.3 Å². The third-order valence-corrected chi connectivity index (χ3v) is 4.28. The molecule has 1 N–H and O–H groups in total. The van der Waals surface area contributed by atoms with Gasteiger partial charge in [0.05, 0.1) is 0 Å². The molecule has 0 radical (unpaired) electrons. The SMILES string of the molecule is CNC(c1ccn(Cc2nc(C3CC3)no2)c1)C1CC1. The van der Waals surface area contributed by atoms with E-state index in [2.05, 4.69) is 38.5 Å². The first-order valence-corrected chi connectivity index (χ1v) is 7.49. The molecule has 2 heterocycles. The molecule has 1 unspecified atom stereocenters. The number of aromatic nitrogens is 3. The third kappa shape index (κ3) is 2.38.